The van der Waals surface area contributed by atoms with E-state index in [4.69, 9.17) is 9.84 Å². The molecule has 0 radical (unpaired) electrons. The maximum absolute atomic E-state index is 12.8. The number of benzene rings is 2. The van der Waals surface area contributed by atoms with Crippen LogP contribution in [0.4, 0.5) is 13.2 Å². The van der Waals surface area contributed by atoms with Crippen LogP contribution in [-0.4, -0.2) is 23.5 Å². The molecule has 0 saturated heterocycles. The van der Waals surface area contributed by atoms with Crippen molar-refractivity contribution >= 4 is 23.2 Å². The van der Waals surface area contributed by atoms with Gasteiger partial charge in [0.25, 0.3) is 5.91 Å². The molecular formula is C28H30F3NO4S. The highest BCUT2D eigenvalue weighted by molar-refractivity contribution is 7.14. The number of nitrogens with one attached hydrogen (secondary N) is 1. The Bertz CT molecular complexity index is 1160. The van der Waals surface area contributed by atoms with E-state index in [2.05, 4.69) is 12.2 Å². The third-order valence-corrected chi connectivity index (χ3v) is 6.97. The molecule has 0 saturated carbocycles. The molecule has 198 valence electrons. The van der Waals surface area contributed by atoms with Gasteiger partial charge in [0.05, 0.1) is 16.9 Å². The second-order valence-corrected chi connectivity index (χ2v) is 9.77. The standard InChI is InChI=1S/C28H30F3NO4S/c1-2-3-4-5-6-23(24-15-16-25(37-24)27(35)32-18-17-26(33)34)36-22-13-9-20(10-14-22)19-7-11-21(12-8-19)28(29,30)31/h7-16,23H,2-6,17-18H2,1H3,(H,32,35)(H,33,34). The molecule has 9 heteroatoms. The van der Waals surface area contributed by atoms with Crippen LogP contribution in [0, 0.1) is 0 Å². The summed E-state index contributed by atoms with van der Waals surface area (Å²) < 4.78 is 44.8. The Balaban J connectivity index is 1.70. The highest BCUT2D eigenvalue weighted by Gasteiger charge is 2.30. The van der Waals surface area contributed by atoms with Gasteiger partial charge >= 0.3 is 12.1 Å². The number of alkyl halides is 3. The number of hydrogen-bond acceptors (Lipinski definition) is 4. The van der Waals surface area contributed by atoms with Gasteiger partial charge in [0.15, 0.2) is 0 Å². The molecule has 0 aliphatic rings. The van der Waals surface area contributed by atoms with Crippen LogP contribution >= 0.6 is 11.3 Å². The number of carboxylic acid groups (broad SMARTS) is 1. The minimum absolute atomic E-state index is 0.0592. The molecule has 5 nitrogen and oxygen atoms in total. The summed E-state index contributed by atoms with van der Waals surface area (Å²) in [4.78, 5) is 24.4. The second kappa shape index (κ2) is 13.3. The Labute approximate surface area is 218 Å². The number of carbonyl (C=O) groups is 2. The molecule has 2 N–H and O–H groups in total. The molecule has 0 bridgehead atoms. The van der Waals surface area contributed by atoms with Crippen molar-refractivity contribution in [3.63, 3.8) is 0 Å². The second-order valence-electron chi connectivity index (χ2n) is 8.66. The molecule has 0 aliphatic carbocycles. The van der Waals surface area contributed by atoms with Crippen molar-refractivity contribution in [2.75, 3.05) is 6.54 Å². The van der Waals surface area contributed by atoms with E-state index in [-0.39, 0.29) is 25.0 Å². The average Bonchev–Trinajstić information content (AvgIpc) is 3.36. The molecule has 1 heterocycles. The van der Waals surface area contributed by atoms with Gasteiger partial charge in [-0.3, -0.25) is 9.59 Å². The van der Waals surface area contributed by atoms with Gasteiger partial charge in [0.1, 0.15) is 11.9 Å². The zero-order valence-corrected chi connectivity index (χ0v) is 21.3. The minimum Gasteiger partial charge on any atom is -0.485 e. The molecule has 0 fully saturated rings. The number of carbonyl (C=O) groups excluding carboxylic acids is 1. The number of rotatable bonds is 13. The fourth-order valence-electron chi connectivity index (χ4n) is 3.78. The zero-order valence-electron chi connectivity index (χ0n) is 20.5. The normalized spacial score (nSPS) is 12.2. The first-order valence-electron chi connectivity index (χ1n) is 12.2. The number of halogens is 3. The van der Waals surface area contributed by atoms with Crippen LogP contribution in [0.15, 0.2) is 60.7 Å². The first-order chi connectivity index (χ1) is 17.7. The summed E-state index contributed by atoms with van der Waals surface area (Å²) in [6, 6.07) is 15.8. The van der Waals surface area contributed by atoms with Gasteiger partial charge in [-0.1, -0.05) is 50.5 Å². The fourth-order valence-corrected chi connectivity index (χ4v) is 4.76. The maximum atomic E-state index is 12.8. The van der Waals surface area contributed by atoms with E-state index >= 15 is 0 Å². The molecule has 2 aromatic carbocycles. The first kappa shape index (κ1) is 28.2. The Kier molecular flexibility index (Phi) is 10.1. The summed E-state index contributed by atoms with van der Waals surface area (Å²) >= 11 is 1.32. The van der Waals surface area contributed by atoms with Crippen molar-refractivity contribution in [1.82, 2.24) is 5.32 Å². The summed E-state index contributed by atoms with van der Waals surface area (Å²) in [5, 5.41) is 11.4. The largest absolute Gasteiger partial charge is 0.485 e. The van der Waals surface area contributed by atoms with Gasteiger partial charge in [-0.15, -0.1) is 11.3 Å². The van der Waals surface area contributed by atoms with Crippen molar-refractivity contribution in [2.45, 2.75) is 57.7 Å². The molecule has 1 amide bonds. The van der Waals surface area contributed by atoms with Crippen LogP contribution in [0.5, 0.6) is 5.75 Å². The number of unbranched alkanes of at least 4 members (excludes halogenated alkanes) is 3. The zero-order chi connectivity index (χ0) is 26.8. The number of carboxylic acids is 1. The van der Waals surface area contributed by atoms with Gasteiger partial charge in [-0.2, -0.15) is 13.2 Å². The Hall–Kier alpha value is -3.33. The predicted octanol–water partition coefficient (Wildman–Crippen LogP) is 7.73. The molecule has 3 rings (SSSR count). The molecule has 0 aliphatic heterocycles. The lowest BCUT2D eigenvalue weighted by molar-refractivity contribution is -0.138. The Morgan fingerprint density at radius 1 is 0.946 bits per heavy atom. The molecule has 1 aromatic heterocycles. The Morgan fingerprint density at radius 3 is 2.19 bits per heavy atom. The van der Waals surface area contributed by atoms with E-state index in [1.165, 1.54) is 23.5 Å². The smallest absolute Gasteiger partial charge is 0.416 e. The number of aliphatic carboxylic acids is 1. The van der Waals surface area contributed by atoms with E-state index in [0.717, 1.165) is 54.7 Å². The van der Waals surface area contributed by atoms with E-state index < -0.39 is 17.7 Å². The SMILES string of the molecule is CCCCCCC(Oc1ccc(-c2ccc(C(F)(F)F)cc2)cc1)c1ccc(C(=O)NCCC(=O)O)s1. The lowest BCUT2D eigenvalue weighted by Gasteiger charge is -2.18. The summed E-state index contributed by atoms with van der Waals surface area (Å²) in [6.45, 7) is 2.20. The third-order valence-electron chi connectivity index (χ3n) is 5.79. The summed E-state index contributed by atoms with van der Waals surface area (Å²) in [5.74, 6) is -0.669. The molecular weight excluding hydrogens is 503 g/mol. The first-order valence-corrected chi connectivity index (χ1v) is 13.0. The monoisotopic (exact) mass is 533 g/mol. The summed E-state index contributed by atoms with van der Waals surface area (Å²) in [7, 11) is 0. The van der Waals surface area contributed by atoms with E-state index in [1.54, 1.807) is 18.2 Å². The summed E-state index contributed by atoms with van der Waals surface area (Å²) in [6.07, 6.45) is 0.240. The van der Waals surface area contributed by atoms with Crippen LogP contribution < -0.4 is 10.1 Å². The van der Waals surface area contributed by atoms with Crippen LogP contribution in [0.1, 0.15) is 71.7 Å². The summed E-state index contributed by atoms with van der Waals surface area (Å²) in [5.41, 5.74) is 0.762. The van der Waals surface area contributed by atoms with Crippen molar-refractivity contribution < 1.29 is 32.6 Å². The number of thiophene rings is 1. The van der Waals surface area contributed by atoms with Gasteiger partial charge < -0.3 is 15.2 Å². The molecule has 1 atom stereocenters. The van der Waals surface area contributed by atoms with Crippen molar-refractivity contribution in [2.24, 2.45) is 0 Å². The maximum Gasteiger partial charge on any atom is 0.416 e. The topological polar surface area (TPSA) is 75.6 Å². The van der Waals surface area contributed by atoms with Crippen molar-refractivity contribution in [1.29, 1.82) is 0 Å². The fraction of sp³-hybridized carbons (Fsp3) is 0.357. The van der Waals surface area contributed by atoms with Gasteiger partial charge in [0.2, 0.25) is 0 Å². The van der Waals surface area contributed by atoms with Gasteiger partial charge in [-0.05, 0) is 60.4 Å². The van der Waals surface area contributed by atoms with Crippen molar-refractivity contribution in [3.05, 3.63) is 76.0 Å². The highest BCUT2D eigenvalue weighted by Crippen LogP contribution is 2.34. The molecule has 0 spiro atoms. The van der Waals surface area contributed by atoms with Crippen LogP contribution in [0.25, 0.3) is 11.1 Å². The average molecular weight is 534 g/mol. The highest BCUT2D eigenvalue weighted by atomic mass is 32.1. The van der Waals surface area contributed by atoms with Crippen LogP contribution in [0.3, 0.4) is 0 Å². The van der Waals surface area contributed by atoms with Gasteiger partial charge in [-0.25, -0.2) is 0 Å². The van der Waals surface area contributed by atoms with Crippen LogP contribution in [0.2, 0.25) is 0 Å². The van der Waals surface area contributed by atoms with E-state index in [0.29, 0.717) is 16.2 Å². The Morgan fingerprint density at radius 2 is 1.59 bits per heavy atom. The number of amides is 1. The predicted molar refractivity (Wildman–Crippen MR) is 138 cm³/mol. The van der Waals surface area contributed by atoms with Gasteiger partial charge in [0, 0.05) is 11.4 Å². The lowest BCUT2D eigenvalue weighted by atomic mass is 10.0. The minimum atomic E-state index is -4.37. The lowest BCUT2D eigenvalue weighted by Crippen LogP contribution is -2.25. The number of ether oxygens (including phenoxy) is 1. The molecule has 3 aromatic rings. The van der Waals surface area contributed by atoms with Crippen LogP contribution in [-0.2, 0) is 11.0 Å². The quantitative estimate of drug-likeness (QED) is 0.221. The van der Waals surface area contributed by atoms with E-state index in [9.17, 15) is 22.8 Å². The third kappa shape index (κ3) is 8.63. The molecule has 1 unspecified atom stereocenters. The van der Waals surface area contributed by atoms with E-state index in [1.807, 2.05) is 18.2 Å². The number of hydrogen-bond donors (Lipinski definition) is 2. The van der Waals surface area contributed by atoms with Crippen molar-refractivity contribution in [3.8, 4) is 16.9 Å². The molecule has 37 heavy (non-hydrogen) atoms.